The van der Waals surface area contributed by atoms with Gasteiger partial charge in [-0.05, 0) is 24.6 Å². The molecule has 0 fully saturated rings. The first kappa shape index (κ1) is 21.3. The maximum absolute atomic E-state index is 12.4. The van der Waals surface area contributed by atoms with Gasteiger partial charge in [-0.2, -0.15) is 4.98 Å². The van der Waals surface area contributed by atoms with Crippen LogP contribution < -0.4 is 5.32 Å². The number of sulfone groups is 1. The fourth-order valence-electron chi connectivity index (χ4n) is 2.67. The van der Waals surface area contributed by atoms with Crippen molar-refractivity contribution in [2.24, 2.45) is 0 Å². The van der Waals surface area contributed by atoms with Gasteiger partial charge in [0, 0.05) is 15.6 Å². The molecule has 152 valence electrons. The molecule has 1 unspecified atom stereocenters. The number of nitrogens with one attached hydrogen (secondary N) is 1. The van der Waals surface area contributed by atoms with Gasteiger partial charge in [0.25, 0.3) is 0 Å². The molecular formula is C19H17Cl2N3O4S. The second-order valence-corrected chi connectivity index (χ2v) is 9.27. The summed E-state index contributed by atoms with van der Waals surface area (Å²) in [4.78, 5) is 16.3. The maximum Gasteiger partial charge on any atom is 0.242 e. The summed E-state index contributed by atoms with van der Waals surface area (Å²) in [6, 6.07) is 13.4. The number of aromatic nitrogens is 2. The molecule has 1 aromatic heterocycles. The van der Waals surface area contributed by atoms with E-state index >= 15 is 0 Å². The Morgan fingerprint density at radius 2 is 1.90 bits per heavy atom. The number of rotatable bonds is 7. The van der Waals surface area contributed by atoms with E-state index in [0.29, 0.717) is 21.2 Å². The van der Waals surface area contributed by atoms with E-state index in [1.54, 1.807) is 49.4 Å². The Morgan fingerprint density at radius 3 is 2.59 bits per heavy atom. The van der Waals surface area contributed by atoms with Crippen molar-refractivity contribution in [1.82, 2.24) is 15.5 Å². The number of hydrogen-bond donors (Lipinski definition) is 1. The molecule has 7 nitrogen and oxygen atoms in total. The van der Waals surface area contributed by atoms with E-state index < -0.39 is 33.3 Å². The van der Waals surface area contributed by atoms with Crippen LogP contribution >= 0.6 is 23.2 Å². The summed E-state index contributed by atoms with van der Waals surface area (Å²) in [7, 11) is -3.81. The zero-order chi connectivity index (χ0) is 21.0. The summed E-state index contributed by atoms with van der Waals surface area (Å²) in [6.07, 6.45) is 0. The van der Waals surface area contributed by atoms with Crippen LogP contribution in [0.15, 0.2) is 53.1 Å². The molecule has 1 heterocycles. The Kier molecular flexibility index (Phi) is 6.56. The molecule has 0 aliphatic heterocycles. The lowest BCUT2D eigenvalue weighted by Gasteiger charge is -2.16. The molecular weight excluding hydrogens is 437 g/mol. The maximum atomic E-state index is 12.4. The predicted molar refractivity (Wildman–Crippen MR) is 110 cm³/mol. The zero-order valence-corrected chi connectivity index (χ0v) is 17.6. The molecule has 0 bridgehead atoms. The number of hydrogen-bond acceptors (Lipinski definition) is 6. The van der Waals surface area contributed by atoms with Crippen LogP contribution in [0, 0.1) is 0 Å². The van der Waals surface area contributed by atoms with Gasteiger partial charge in [-0.15, -0.1) is 0 Å². The molecule has 29 heavy (non-hydrogen) atoms. The molecule has 3 rings (SSSR count). The third-order valence-corrected chi connectivity index (χ3v) is 5.95. The SMILES string of the molecule is CC(NC(=O)CS(=O)(=O)Cc1nc(-c2ccccc2)no1)c1ccc(Cl)cc1Cl. The molecule has 1 amide bonds. The van der Waals surface area contributed by atoms with Crippen molar-refractivity contribution in [2.75, 3.05) is 5.75 Å². The minimum Gasteiger partial charge on any atom is -0.349 e. The number of carbonyl (C=O) groups excluding carboxylic acids is 1. The topological polar surface area (TPSA) is 102 Å². The summed E-state index contributed by atoms with van der Waals surface area (Å²) < 4.78 is 29.7. The molecule has 0 aliphatic rings. The third kappa shape index (κ3) is 5.79. The highest BCUT2D eigenvalue weighted by molar-refractivity contribution is 7.91. The van der Waals surface area contributed by atoms with Gasteiger partial charge < -0.3 is 9.84 Å². The predicted octanol–water partition coefficient (Wildman–Crippen LogP) is 3.84. The number of amides is 1. The standard InChI is InChI=1S/C19H17Cl2N3O4S/c1-12(15-8-7-14(20)9-16(15)21)22-17(25)10-29(26,27)11-18-23-19(24-28-18)13-5-3-2-4-6-13/h2-9,12H,10-11H2,1H3,(H,22,25). The average Bonchev–Trinajstić information content (AvgIpc) is 3.09. The van der Waals surface area contributed by atoms with Crippen LogP contribution in [0.4, 0.5) is 0 Å². The smallest absolute Gasteiger partial charge is 0.242 e. The summed E-state index contributed by atoms with van der Waals surface area (Å²) in [5, 5.41) is 7.24. The van der Waals surface area contributed by atoms with Crippen LogP contribution in [0.25, 0.3) is 11.4 Å². The molecule has 0 radical (unpaired) electrons. The summed E-state index contributed by atoms with van der Waals surface area (Å²) in [6.45, 7) is 1.70. The lowest BCUT2D eigenvalue weighted by Crippen LogP contribution is -2.33. The van der Waals surface area contributed by atoms with Crippen LogP contribution in [0.2, 0.25) is 10.0 Å². The Labute approximate surface area is 177 Å². The second kappa shape index (κ2) is 8.94. The summed E-state index contributed by atoms with van der Waals surface area (Å²) in [5.74, 6) is -1.70. The van der Waals surface area contributed by atoms with Crippen molar-refractivity contribution in [3.63, 3.8) is 0 Å². The van der Waals surface area contributed by atoms with Gasteiger partial charge in [-0.25, -0.2) is 8.42 Å². The van der Waals surface area contributed by atoms with Gasteiger partial charge in [0.2, 0.25) is 17.6 Å². The van der Waals surface area contributed by atoms with Gasteiger partial charge >= 0.3 is 0 Å². The number of halogens is 2. The average molecular weight is 454 g/mol. The Hall–Kier alpha value is -2.42. The minimum absolute atomic E-state index is 0.0783. The molecule has 0 aliphatic carbocycles. The van der Waals surface area contributed by atoms with E-state index in [4.69, 9.17) is 27.7 Å². The van der Waals surface area contributed by atoms with E-state index in [0.717, 1.165) is 0 Å². The quantitative estimate of drug-likeness (QED) is 0.582. The molecule has 0 spiro atoms. The number of nitrogens with zero attached hydrogens (tertiary/aromatic N) is 2. The Morgan fingerprint density at radius 1 is 1.17 bits per heavy atom. The van der Waals surface area contributed by atoms with E-state index in [-0.39, 0.29) is 11.7 Å². The third-order valence-electron chi connectivity index (χ3n) is 4.00. The fourth-order valence-corrected chi connectivity index (χ4v) is 4.32. The highest BCUT2D eigenvalue weighted by Crippen LogP contribution is 2.26. The number of benzene rings is 2. The summed E-state index contributed by atoms with van der Waals surface area (Å²) >= 11 is 12.0. The molecule has 0 saturated heterocycles. The first-order valence-electron chi connectivity index (χ1n) is 8.56. The molecule has 3 aromatic rings. The minimum atomic E-state index is -3.81. The van der Waals surface area contributed by atoms with Gasteiger partial charge in [0.05, 0.1) is 6.04 Å². The fraction of sp³-hybridized carbons (Fsp3) is 0.211. The molecule has 0 saturated carbocycles. The lowest BCUT2D eigenvalue weighted by atomic mass is 10.1. The van der Waals surface area contributed by atoms with Crippen molar-refractivity contribution in [3.8, 4) is 11.4 Å². The molecule has 10 heteroatoms. The lowest BCUT2D eigenvalue weighted by molar-refractivity contribution is -0.119. The van der Waals surface area contributed by atoms with Gasteiger partial charge in [-0.1, -0.05) is 64.8 Å². The zero-order valence-electron chi connectivity index (χ0n) is 15.3. The van der Waals surface area contributed by atoms with Crippen molar-refractivity contribution in [2.45, 2.75) is 18.7 Å². The highest BCUT2D eigenvalue weighted by atomic mass is 35.5. The van der Waals surface area contributed by atoms with E-state index in [9.17, 15) is 13.2 Å². The second-order valence-electron chi connectivity index (χ2n) is 6.37. The van der Waals surface area contributed by atoms with Crippen molar-refractivity contribution in [3.05, 3.63) is 70.0 Å². The van der Waals surface area contributed by atoms with E-state index in [2.05, 4.69) is 15.5 Å². The highest BCUT2D eigenvalue weighted by Gasteiger charge is 2.23. The van der Waals surface area contributed by atoms with Crippen LogP contribution in [-0.4, -0.2) is 30.2 Å². The van der Waals surface area contributed by atoms with Crippen LogP contribution in [0.3, 0.4) is 0 Å². The van der Waals surface area contributed by atoms with Crippen molar-refractivity contribution < 1.29 is 17.7 Å². The van der Waals surface area contributed by atoms with Gasteiger partial charge in [0.15, 0.2) is 9.84 Å². The molecule has 1 atom stereocenters. The number of carbonyl (C=O) groups is 1. The van der Waals surface area contributed by atoms with Crippen molar-refractivity contribution in [1.29, 1.82) is 0 Å². The van der Waals surface area contributed by atoms with E-state index in [1.165, 1.54) is 0 Å². The van der Waals surface area contributed by atoms with Gasteiger partial charge in [-0.3, -0.25) is 4.79 Å². The molecule has 1 N–H and O–H groups in total. The van der Waals surface area contributed by atoms with E-state index in [1.807, 2.05) is 6.07 Å². The monoisotopic (exact) mass is 453 g/mol. The van der Waals surface area contributed by atoms with Crippen molar-refractivity contribution >= 4 is 38.9 Å². The Balaban J connectivity index is 1.62. The summed E-state index contributed by atoms with van der Waals surface area (Å²) in [5.41, 5.74) is 1.33. The first-order chi connectivity index (χ1) is 13.7. The van der Waals surface area contributed by atoms with Crippen LogP contribution in [0.5, 0.6) is 0 Å². The normalized spacial score (nSPS) is 12.5. The van der Waals surface area contributed by atoms with Crippen LogP contribution in [-0.2, 0) is 20.4 Å². The molecule has 2 aromatic carbocycles. The van der Waals surface area contributed by atoms with Gasteiger partial charge in [0.1, 0.15) is 11.5 Å². The Bertz CT molecular complexity index is 1120. The largest absolute Gasteiger partial charge is 0.349 e. The first-order valence-corrected chi connectivity index (χ1v) is 11.1. The van der Waals surface area contributed by atoms with Crippen LogP contribution in [0.1, 0.15) is 24.4 Å².